The molecule has 182 valence electrons. The Balaban J connectivity index is 1.48. The Hall–Kier alpha value is -3.51. The third-order valence-electron chi connectivity index (χ3n) is 5.96. The van der Waals surface area contributed by atoms with Crippen molar-refractivity contribution in [2.45, 2.75) is 0 Å². The molecule has 2 N–H and O–H groups in total. The number of aromatic hydroxyl groups is 1. The Labute approximate surface area is 197 Å². The largest absolute Gasteiger partial charge is 0.502 e. The maximum Gasteiger partial charge on any atom is 0.237 e. The lowest BCUT2D eigenvalue weighted by atomic mass is 10.1. The van der Waals surface area contributed by atoms with E-state index in [0.29, 0.717) is 62.4 Å². The van der Waals surface area contributed by atoms with Crippen molar-refractivity contribution in [3.63, 3.8) is 0 Å². The van der Waals surface area contributed by atoms with Crippen molar-refractivity contribution in [1.29, 1.82) is 0 Å². The molecule has 5 rings (SSSR count). The summed E-state index contributed by atoms with van der Waals surface area (Å²) in [6.07, 6.45) is 1.94. The quantitative estimate of drug-likeness (QED) is 0.615. The SMILES string of the molecule is COc1cc(C2=CN(c3nc(N4CCOCC4)nc(N4CCOCC4)n3)CN2)cc(OC)c1O. The van der Waals surface area contributed by atoms with Gasteiger partial charge in [0.15, 0.2) is 11.5 Å². The van der Waals surface area contributed by atoms with Crippen LogP contribution in [0.5, 0.6) is 17.2 Å². The summed E-state index contributed by atoms with van der Waals surface area (Å²) in [5.41, 5.74) is 1.64. The zero-order chi connectivity index (χ0) is 23.5. The van der Waals surface area contributed by atoms with Gasteiger partial charge in [-0.1, -0.05) is 0 Å². The van der Waals surface area contributed by atoms with E-state index >= 15 is 0 Å². The molecule has 1 aromatic carbocycles. The van der Waals surface area contributed by atoms with Gasteiger partial charge in [0.05, 0.1) is 53.0 Å². The molecule has 0 atom stereocenters. The lowest BCUT2D eigenvalue weighted by molar-refractivity contribution is 0.121. The molecule has 4 heterocycles. The fourth-order valence-corrected chi connectivity index (χ4v) is 4.05. The van der Waals surface area contributed by atoms with Crippen LogP contribution in [0.15, 0.2) is 18.3 Å². The number of phenolic OH excluding ortho intramolecular Hbond substituents is 1. The molecule has 0 unspecified atom stereocenters. The Morgan fingerprint density at radius 3 is 1.82 bits per heavy atom. The maximum atomic E-state index is 10.2. The van der Waals surface area contributed by atoms with Gasteiger partial charge in [-0.2, -0.15) is 15.0 Å². The first-order valence-electron chi connectivity index (χ1n) is 11.3. The number of nitrogens with one attached hydrogen (secondary N) is 1. The number of anilines is 3. The lowest BCUT2D eigenvalue weighted by Crippen LogP contribution is -2.40. The second-order valence-electron chi connectivity index (χ2n) is 8.01. The third-order valence-corrected chi connectivity index (χ3v) is 5.96. The average molecular weight is 472 g/mol. The molecule has 12 nitrogen and oxygen atoms in total. The summed E-state index contributed by atoms with van der Waals surface area (Å²) in [6, 6.07) is 3.51. The average Bonchev–Trinajstić information content (AvgIpc) is 3.40. The topological polar surface area (TPSA) is 118 Å². The fourth-order valence-electron chi connectivity index (χ4n) is 4.05. The standard InChI is InChI=1S/C22H29N7O5/c1-31-17-11-15(12-18(32-2)19(17)30)16-13-29(14-23-16)22-25-20(27-3-7-33-8-4-27)24-21(26-22)28-5-9-34-10-6-28/h11-13,23,30H,3-10,14H2,1-2H3. The number of morpholine rings is 2. The highest BCUT2D eigenvalue weighted by atomic mass is 16.5. The molecule has 3 aliphatic rings. The first kappa shape index (κ1) is 22.3. The van der Waals surface area contributed by atoms with Crippen LogP contribution < -0.4 is 29.5 Å². The number of methoxy groups -OCH3 is 2. The zero-order valence-electron chi connectivity index (χ0n) is 19.4. The second-order valence-corrected chi connectivity index (χ2v) is 8.01. The zero-order valence-corrected chi connectivity index (χ0v) is 19.4. The molecule has 0 aliphatic carbocycles. The second kappa shape index (κ2) is 9.77. The van der Waals surface area contributed by atoms with Crippen molar-refractivity contribution >= 4 is 23.5 Å². The van der Waals surface area contributed by atoms with Crippen LogP contribution in [0.1, 0.15) is 5.56 Å². The molecule has 0 spiro atoms. The molecule has 3 aliphatic heterocycles. The molecule has 2 saturated heterocycles. The van der Waals surface area contributed by atoms with Gasteiger partial charge >= 0.3 is 0 Å². The molecule has 34 heavy (non-hydrogen) atoms. The van der Waals surface area contributed by atoms with Crippen molar-refractivity contribution in [3.05, 3.63) is 23.9 Å². The van der Waals surface area contributed by atoms with Gasteiger partial charge in [0.2, 0.25) is 23.6 Å². The number of hydrogen-bond acceptors (Lipinski definition) is 12. The molecule has 2 fully saturated rings. The first-order valence-corrected chi connectivity index (χ1v) is 11.3. The summed E-state index contributed by atoms with van der Waals surface area (Å²) in [6.45, 7) is 6.01. The van der Waals surface area contributed by atoms with Gasteiger partial charge in [-0.05, 0) is 12.1 Å². The van der Waals surface area contributed by atoms with E-state index in [1.807, 2.05) is 11.1 Å². The minimum Gasteiger partial charge on any atom is -0.502 e. The van der Waals surface area contributed by atoms with Crippen LogP contribution in [0.2, 0.25) is 0 Å². The van der Waals surface area contributed by atoms with E-state index in [1.54, 1.807) is 12.1 Å². The van der Waals surface area contributed by atoms with E-state index in [2.05, 4.69) is 15.1 Å². The Morgan fingerprint density at radius 1 is 0.824 bits per heavy atom. The van der Waals surface area contributed by atoms with Crippen LogP contribution in [-0.2, 0) is 9.47 Å². The van der Waals surface area contributed by atoms with Gasteiger partial charge in [-0.15, -0.1) is 0 Å². The highest BCUT2D eigenvalue weighted by Gasteiger charge is 2.25. The van der Waals surface area contributed by atoms with Gasteiger partial charge in [0.25, 0.3) is 0 Å². The molecule has 0 radical (unpaired) electrons. The molecule has 0 bridgehead atoms. The summed E-state index contributed by atoms with van der Waals surface area (Å²) in [7, 11) is 3.01. The van der Waals surface area contributed by atoms with E-state index in [1.165, 1.54) is 14.2 Å². The van der Waals surface area contributed by atoms with Crippen LogP contribution in [0.4, 0.5) is 17.8 Å². The Kier molecular flexibility index (Phi) is 6.41. The van der Waals surface area contributed by atoms with Crippen LogP contribution in [-0.4, -0.2) is 93.6 Å². The summed E-state index contributed by atoms with van der Waals surface area (Å²) >= 11 is 0. The number of ether oxygens (including phenoxy) is 4. The van der Waals surface area contributed by atoms with E-state index in [0.717, 1.165) is 37.4 Å². The van der Waals surface area contributed by atoms with E-state index < -0.39 is 0 Å². The monoisotopic (exact) mass is 471 g/mol. The molecule has 0 amide bonds. The first-order chi connectivity index (χ1) is 16.7. The van der Waals surface area contributed by atoms with Crippen molar-refractivity contribution in [2.24, 2.45) is 0 Å². The smallest absolute Gasteiger partial charge is 0.237 e. The summed E-state index contributed by atoms with van der Waals surface area (Å²) < 4.78 is 21.6. The Morgan fingerprint density at radius 2 is 1.32 bits per heavy atom. The number of rotatable bonds is 6. The van der Waals surface area contributed by atoms with E-state index in [-0.39, 0.29) is 5.75 Å². The summed E-state index contributed by atoms with van der Waals surface area (Å²) in [5.74, 6) is 2.47. The van der Waals surface area contributed by atoms with Crippen molar-refractivity contribution < 1.29 is 24.1 Å². The van der Waals surface area contributed by atoms with Crippen LogP contribution in [0.3, 0.4) is 0 Å². The highest BCUT2D eigenvalue weighted by Crippen LogP contribution is 2.39. The minimum atomic E-state index is -0.0352. The summed E-state index contributed by atoms with van der Waals surface area (Å²) in [4.78, 5) is 20.5. The molecular weight excluding hydrogens is 442 g/mol. The number of benzene rings is 1. The number of aromatic nitrogens is 3. The molecule has 0 saturated carbocycles. The van der Waals surface area contributed by atoms with Crippen molar-refractivity contribution in [2.75, 3.05) is 88.2 Å². The predicted octanol–water partition coefficient (Wildman–Crippen LogP) is 0.633. The van der Waals surface area contributed by atoms with Gasteiger partial charge in [-0.25, -0.2) is 0 Å². The van der Waals surface area contributed by atoms with Crippen LogP contribution in [0.25, 0.3) is 5.70 Å². The molecular formula is C22H29N7O5. The maximum absolute atomic E-state index is 10.2. The van der Waals surface area contributed by atoms with Crippen molar-refractivity contribution in [3.8, 4) is 17.2 Å². The Bertz CT molecular complexity index is 993. The van der Waals surface area contributed by atoms with Gasteiger partial charge in [0, 0.05) is 37.9 Å². The van der Waals surface area contributed by atoms with E-state index in [9.17, 15) is 5.11 Å². The lowest BCUT2D eigenvalue weighted by Gasteiger charge is -2.30. The molecule has 1 aromatic heterocycles. The van der Waals surface area contributed by atoms with Gasteiger partial charge in [-0.3, -0.25) is 4.90 Å². The molecule has 2 aromatic rings. The normalized spacial score (nSPS) is 18.5. The highest BCUT2D eigenvalue weighted by molar-refractivity contribution is 5.73. The van der Waals surface area contributed by atoms with Crippen LogP contribution >= 0.6 is 0 Å². The summed E-state index contributed by atoms with van der Waals surface area (Å²) in [5, 5.41) is 13.6. The van der Waals surface area contributed by atoms with E-state index in [4.69, 9.17) is 33.9 Å². The fraction of sp³-hybridized carbons (Fsp3) is 0.500. The number of hydrogen-bond donors (Lipinski definition) is 2. The van der Waals surface area contributed by atoms with Gasteiger partial charge < -0.3 is 39.2 Å². The third kappa shape index (κ3) is 4.46. The minimum absolute atomic E-state index is 0.0352. The van der Waals surface area contributed by atoms with Gasteiger partial charge in [0.1, 0.15) is 0 Å². The predicted molar refractivity (Wildman–Crippen MR) is 126 cm³/mol. The van der Waals surface area contributed by atoms with Crippen LogP contribution in [0, 0.1) is 0 Å². The van der Waals surface area contributed by atoms with Crippen molar-refractivity contribution in [1.82, 2.24) is 20.3 Å². The number of nitrogens with zero attached hydrogens (tertiary/aromatic N) is 6. The molecule has 12 heteroatoms. The number of phenols is 1.